The number of aliphatic hydroxyl groups is 1. The van der Waals surface area contributed by atoms with Crippen molar-refractivity contribution in [2.75, 3.05) is 6.54 Å². The number of hydrogen-bond acceptors (Lipinski definition) is 3. The highest BCUT2D eigenvalue weighted by atomic mass is 35.5. The summed E-state index contributed by atoms with van der Waals surface area (Å²) in [6.45, 7) is 4.28. The number of nitrogens with zero attached hydrogens (tertiary/aromatic N) is 1. The second-order valence-electron chi connectivity index (χ2n) is 9.34. The van der Waals surface area contributed by atoms with Crippen LogP contribution in [-0.2, 0) is 21.6 Å². The molecule has 1 fully saturated rings. The van der Waals surface area contributed by atoms with Crippen LogP contribution in [0.5, 0.6) is 0 Å². The van der Waals surface area contributed by atoms with Gasteiger partial charge in [0.1, 0.15) is 0 Å². The fourth-order valence-corrected chi connectivity index (χ4v) is 5.23. The standard InChI is InChI=1S/C26H31Cl2NO4/c1-3-22(29-13-5-12-25(2,24(29)32)17-23(30)31)16-26(33,19-6-4-7-21(28)14-19)15-18-8-10-20(27)11-9-18/h4,6-11,14,22,33H,3,5,12-13,15-17H2,1-2H3,(H,30,31). The number of halogens is 2. The van der Waals surface area contributed by atoms with E-state index in [2.05, 4.69) is 0 Å². The molecule has 1 saturated heterocycles. The van der Waals surface area contributed by atoms with E-state index in [1.807, 2.05) is 25.1 Å². The predicted octanol–water partition coefficient (Wildman–Crippen LogP) is 5.70. The molecule has 1 amide bonds. The molecule has 1 aliphatic rings. The van der Waals surface area contributed by atoms with Crippen molar-refractivity contribution >= 4 is 35.1 Å². The van der Waals surface area contributed by atoms with E-state index < -0.39 is 17.0 Å². The van der Waals surface area contributed by atoms with E-state index in [4.69, 9.17) is 23.2 Å². The molecule has 2 aromatic rings. The summed E-state index contributed by atoms with van der Waals surface area (Å²) in [5, 5.41) is 22.5. The topological polar surface area (TPSA) is 77.8 Å². The van der Waals surface area contributed by atoms with Gasteiger partial charge >= 0.3 is 5.97 Å². The number of amides is 1. The minimum atomic E-state index is -1.28. The molecule has 0 bridgehead atoms. The second-order valence-corrected chi connectivity index (χ2v) is 10.2. The summed E-state index contributed by atoms with van der Waals surface area (Å²) < 4.78 is 0. The number of carbonyl (C=O) groups excluding carboxylic acids is 1. The highest BCUT2D eigenvalue weighted by Gasteiger charge is 2.45. The summed E-state index contributed by atoms with van der Waals surface area (Å²) in [6.07, 6.45) is 2.37. The zero-order valence-electron chi connectivity index (χ0n) is 19.1. The number of hydrogen-bond donors (Lipinski definition) is 2. The van der Waals surface area contributed by atoms with Gasteiger partial charge in [0.15, 0.2) is 0 Å². The van der Waals surface area contributed by atoms with E-state index in [1.54, 1.807) is 42.2 Å². The molecule has 7 heteroatoms. The van der Waals surface area contributed by atoms with Crippen molar-refractivity contribution in [2.24, 2.45) is 5.41 Å². The Morgan fingerprint density at radius 2 is 1.88 bits per heavy atom. The summed E-state index contributed by atoms with van der Waals surface area (Å²) in [6, 6.07) is 14.3. The number of aliphatic carboxylic acids is 1. The maximum atomic E-state index is 13.4. The van der Waals surface area contributed by atoms with Crippen LogP contribution in [0, 0.1) is 5.41 Å². The van der Waals surface area contributed by atoms with Crippen LogP contribution >= 0.6 is 23.2 Å². The number of carbonyl (C=O) groups is 2. The van der Waals surface area contributed by atoms with E-state index in [9.17, 15) is 19.8 Å². The molecule has 178 valence electrons. The van der Waals surface area contributed by atoms with Gasteiger partial charge in [0.05, 0.1) is 17.4 Å². The van der Waals surface area contributed by atoms with Crippen LogP contribution in [-0.4, -0.2) is 39.6 Å². The molecule has 0 aromatic heterocycles. The SMILES string of the molecule is CCC(CC(O)(Cc1ccc(Cl)cc1)c1cccc(Cl)c1)N1CCCC(C)(CC(=O)O)C1=O. The summed E-state index contributed by atoms with van der Waals surface area (Å²) >= 11 is 12.3. The molecule has 5 nitrogen and oxygen atoms in total. The molecule has 2 aromatic carbocycles. The lowest BCUT2D eigenvalue weighted by atomic mass is 9.76. The molecule has 0 radical (unpaired) electrons. The summed E-state index contributed by atoms with van der Waals surface area (Å²) in [5.41, 5.74) is -0.610. The molecule has 3 unspecified atom stereocenters. The van der Waals surface area contributed by atoms with E-state index in [1.165, 1.54) is 0 Å². The normalized spacial score (nSPS) is 21.5. The molecule has 3 rings (SSSR count). The largest absolute Gasteiger partial charge is 0.481 e. The Balaban J connectivity index is 1.93. The van der Waals surface area contributed by atoms with E-state index in [0.29, 0.717) is 47.8 Å². The van der Waals surface area contributed by atoms with Gasteiger partial charge in [-0.15, -0.1) is 0 Å². The lowest BCUT2D eigenvalue weighted by Gasteiger charge is -2.45. The van der Waals surface area contributed by atoms with Gasteiger partial charge < -0.3 is 15.1 Å². The van der Waals surface area contributed by atoms with Gasteiger partial charge in [-0.05, 0) is 54.7 Å². The van der Waals surface area contributed by atoms with E-state index >= 15 is 0 Å². The molecule has 0 spiro atoms. The Morgan fingerprint density at radius 3 is 2.48 bits per heavy atom. The number of carboxylic acid groups (broad SMARTS) is 1. The van der Waals surface area contributed by atoms with Crippen molar-refractivity contribution < 1.29 is 19.8 Å². The van der Waals surface area contributed by atoms with Gasteiger partial charge in [-0.1, -0.05) is 61.3 Å². The first-order valence-electron chi connectivity index (χ1n) is 11.3. The maximum absolute atomic E-state index is 13.4. The molecule has 2 N–H and O–H groups in total. The molecule has 0 saturated carbocycles. The molecule has 3 atom stereocenters. The van der Waals surface area contributed by atoms with Crippen LogP contribution in [0.15, 0.2) is 48.5 Å². The van der Waals surface area contributed by atoms with Gasteiger partial charge in [0, 0.05) is 35.5 Å². The first kappa shape index (κ1) is 25.5. The van der Waals surface area contributed by atoms with Gasteiger partial charge in [-0.2, -0.15) is 0 Å². The van der Waals surface area contributed by atoms with Crippen molar-refractivity contribution in [3.63, 3.8) is 0 Å². The number of benzene rings is 2. The third-order valence-electron chi connectivity index (χ3n) is 6.70. The summed E-state index contributed by atoms with van der Waals surface area (Å²) in [7, 11) is 0. The van der Waals surface area contributed by atoms with Crippen molar-refractivity contribution in [3.8, 4) is 0 Å². The first-order chi connectivity index (χ1) is 15.6. The quantitative estimate of drug-likeness (QED) is 0.471. The van der Waals surface area contributed by atoms with Crippen molar-refractivity contribution in [3.05, 3.63) is 69.7 Å². The predicted molar refractivity (Wildman–Crippen MR) is 131 cm³/mol. The third kappa shape index (κ3) is 6.08. The van der Waals surface area contributed by atoms with Crippen molar-refractivity contribution in [1.29, 1.82) is 0 Å². The minimum Gasteiger partial charge on any atom is -0.481 e. The van der Waals surface area contributed by atoms with Gasteiger partial charge in [0.25, 0.3) is 0 Å². The van der Waals surface area contributed by atoms with Crippen molar-refractivity contribution in [2.45, 2.75) is 64.0 Å². The highest BCUT2D eigenvalue weighted by molar-refractivity contribution is 6.30. The summed E-state index contributed by atoms with van der Waals surface area (Å²) in [4.78, 5) is 26.6. The van der Waals surface area contributed by atoms with Crippen LogP contribution in [0.2, 0.25) is 10.0 Å². The van der Waals surface area contributed by atoms with Crippen LogP contribution in [0.4, 0.5) is 0 Å². The molecule has 1 aliphatic heterocycles. The molecule has 33 heavy (non-hydrogen) atoms. The molecular weight excluding hydrogens is 461 g/mol. The highest BCUT2D eigenvalue weighted by Crippen LogP contribution is 2.39. The molecule has 1 heterocycles. The van der Waals surface area contributed by atoms with Gasteiger partial charge in [-0.25, -0.2) is 0 Å². The monoisotopic (exact) mass is 491 g/mol. The van der Waals surface area contributed by atoms with Gasteiger partial charge in [0.2, 0.25) is 5.91 Å². The fourth-order valence-electron chi connectivity index (χ4n) is 4.92. The Bertz CT molecular complexity index is 996. The van der Waals surface area contributed by atoms with Gasteiger partial charge in [-0.3, -0.25) is 9.59 Å². The maximum Gasteiger partial charge on any atom is 0.304 e. The Morgan fingerprint density at radius 1 is 1.18 bits per heavy atom. The number of piperidine rings is 1. The zero-order chi connectivity index (χ0) is 24.2. The minimum absolute atomic E-state index is 0.150. The Hall–Kier alpha value is -2.08. The van der Waals surface area contributed by atoms with Crippen LogP contribution in [0.3, 0.4) is 0 Å². The Kier molecular flexibility index (Phi) is 8.09. The molecule has 0 aliphatic carbocycles. The summed E-state index contributed by atoms with van der Waals surface area (Å²) in [5.74, 6) is -1.12. The van der Waals surface area contributed by atoms with E-state index in [-0.39, 0.29) is 18.4 Å². The lowest BCUT2D eigenvalue weighted by molar-refractivity contribution is -0.156. The van der Waals surface area contributed by atoms with E-state index in [0.717, 1.165) is 12.0 Å². The fraction of sp³-hybridized carbons (Fsp3) is 0.462. The van der Waals surface area contributed by atoms with Crippen LogP contribution < -0.4 is 0 Å². The Labute approximate surface area is 205 Å². The third-order valence-corrected chi connectivity index (χ3v) is 7.19. The smallest absolute Gasteiger partial charge is 0.304 e. The zero-order valence-corrected chi connectivity index (χ0v) is 20.6. The van der Waals surface area contributed by atoms with Crippen LogP contribution in [0.1, 0.15) is 57.1 Å². The van der Waals surface area contributed by atoms with Crippen molar-refractivity contribution in [1.82, 2.24) is 4.90 Å². The number of rotatable bonds is 9. The average Bonchev–Trinajstić information content (AvgIpc) is 2.75. The van der Waals surface area contributed by atoms with Crippen LogP contribution in [0.25, 0.3) is 0 Å². The first-order valence-corrected chi connectivity index (χ1v) is 12.1. The molecular formula is C26H31Cl2NO4. The number of likely N-dealkylation sites (tertiary alicyclic amines) is 1. The second kappa shape index (κ2) is 10.5. The number of carboxylic acids is 1. The average molecular weight is 492 g/mol. The lowest BCUT2D eigenvalue weighted by Crippen LogP contribution is -2.54.